The van der Waals surface area contributed by atoms with Gasteiger partial charge in [-0.15, -0.1) is 0 Å². The summed E-state index contributed by atoms with van der Waals surface area (Å²) in [5, 5.41) is 8.75. The maximum Gasteiger partial charge on any atom is 0.142 e. The van der Waals surface area contributed by atoms with E-state index in [-0.39, 0.29) is 0 Å². The number of rotatable bonds is 5. The van der Waals surface area contributed by atoms with Crippen LogP contribution in [0.25, 0.3) is 0 Å². The van der Waals surface area contributed by atoms with Crippen molar-refractivity contribution in [2.45, 2.75) is 32.2 Å². The van der Waals surface area contributed by atoms with Gasteiger partial charge in [-0.3, -0.25) is 4.90 Å². The monoisotopic (exact) mass is 235 g/mol. The maximum absolute atomic E-state index is 8.75. The van der Waals surface area contributed by atoms with Crippen LogP contribution in [0.1, 0.15) is 37.8 Å². The van der Waals surface area contributed by atoms with Gasteiger partial charge >= 0.3 is 0 Å². The van der Waals surface area contributed by atoms with Crippen molar-refractivity contribution in [1.82, 2.24) is 4.90 Å². The van der Waals surface area contributed by atoms with Gasteiger partial charge in [0, 0.05) is 24.8 Å². The summed E-state index contributed by atoms with van der Waals surface area (Å²) in [5.41, 5.74) is 1.28. The quantitative estimate of drug-likeness (QED) is 0.796. The summed E-state index contributed by atoms with van der Waals surface area (Å²) < 4.78 is 5.74. The average molecular weight is 235 g/mol. The Morgan fingerprint density at radius 2 is 2.12 bits per heavy atom. The first-order valence-electron chi connectivity index (χ1n) is 6.39. The van der Waals surface area contributed by atoms with Crippen LogP contribution >= 0.6 is 0 Å². The smallest absolute Gasteiger partial charge is 0.142 e. The molecule has 3 nitrogen and oxygen atoms in total. The minimum atomic E-state index is 0.300. The zero-order valence-electron chi connectivity index (χ0n) is 10.4. The molecule has 1 aromatic rings. The number of hydrogen-bond donors (Lipinski definition) is 1. The lowest BCUT2D eigenvalue weighted by atomic mass is 10.0. The van der Waals surface area contributed by atoms with Gasteiger partial charge in [0.2, 0.25) is 0 Å². The van der Waals surface area contributed by atoms with E-state index in [1.165, 1.54) is 5.56 Å². The van der Waals surface area contributed by atoms with E-state index in [2.05, 4.69) is 24.0 Å². The standard InChI is InChI=1S/C14H21NO2/c1-12-13-7-3-4-8-14(13)17-11-15(12)9-5-2-6-10-16/h3-4,7-8,12,16H,2,5-6,9-11H2,1H3/t12-/m0/s1. The van der Waals surface area contributed by atoms with E-state index >= 15 is 0 Å². The molecule has 1 aliphatic rings. The van der Waals surface area contributed by atoms with Gasteiger partial charge in [-0.1, -0.05) is 18.2 Å². The third kappa shape index (κ3) is 2.99. The molecule has 0 radical (unpaired) electrons. The molecule has 0 unspecified atom stereocenters. The molecule has 0 aliphatic carbocycles. The zero-order chi connectivity index (χ0) is 12.1. The van der Waals surface area contributed by atoms with Crippen LogP contribution in [0.5, 0.6) is 5.75 Å². The van der Waals surface area contributed by atoms with E-state index < -0.39 is 0 Å². The molecule has 0 fully saturated rings. The lowest BCUT2D eigenvalue weighted by Crippen LogP contribution is -2.35. The first-order chi connectivity index (χ1) is 8.33. The van der Waals surface area contributed by atoms with Crippen molar-refractivity contribution in [3.63, 3.8) is 0 Å². The molecule has 2 rings (SSSR count). The number of hydrogen-bond acceptors (Lipinski definition) is 3. The van der Waals surface area contributed by atoms with Crippen molar-refractivity contribution in [2.75, 3.05) is 19.9 Å². The molecule has 1 N–H and O–H groups in total. The van der Waals surface area contributed by atoms with Crippen molar-refractivity contribution in [3.8, 4) is 5.75 Å². The Morgan fingerprint density at radius 1 is 1.29 bits per heavy atom. The van der Waals surface area contributed by atoms with Gasteiger partial charge in [0.1, 0.15) is 12.5 Å². The van der Waals surface area contributed by atoms with E-state index in [0.717, 1.165) is 31.6 Å². The Hall–Kier alpha value is -1.06. The summed E-state index contributed by atoms with van der Waals surface area (Å²) in [6.07, 6.45) is 3.11. The molecule has 3 heteroatoms. The predicted octanol–water partition coefficient (Wildman–Crippen LogP) is 2.56. The van der Waals surface area contributed by atoms with Gasteiger partial charge in [0.25, 0.3) is 0 Å². The van der Waals surface area contributed by atoms with Crippen LogP contribution in [0.4, 0.5) is 0 Å². The molecule has 1 heterocycles. The first kappa shape index (κ1) is 12.4. The second-order valence-corrected chi connectivity index (χ2v) is 4.58. The molecule has 0 saturated carbocycles. The summed E-state index contributed by atoms with van der Waals surface area (Å²) in [6, 6.07) is 8.68. The Kier molecular flexibility index (Phi) is 4.40. The highest BCUT2D eigenvalue weighted by atomic mass is 16.5. The van der Waals surface area contributed by atoms with Crippen molar-refractivity contribution in [3.05, 3.63) is 29.8 Å². The Labute approximate surface area is 103 Å². The van der Waals surface area contributed by atoms with E-state index in [9.17, 15) is 0 Å². The van der Waals surface area contributed by atoms with Gasteiger partial charge in [-0.2, -0.15) is 0 Å². The molecule has 0 spiro atoms. The number of nitrogens with zero attached hydrogens (tertiary/aromatic N) is 1. The second kappa shape index (κ2) is 6.03. The Morgan fingerprint density at radius 3 is 2.94 bits per heavy atom. The molecule has 1 aromatic carbocycles. The highest BCUT2D eigenvalue weighted by Crippen LogP contribution is 2.33. The van der Waals surface area contributed by atoms with Crippen LogP contribution in [0.2, 0.25) is 0 Å². The third-order valence-corrected chi connectivity index (χ3v) is 3.41. The summed E-state index contributed by atoms with van der Waals surface area (Å²) >= 11 is 0. The largest absolute Gasteiger partial charge is 0.478 e. The Bertz CT molecular complexity index is 354. The van der Waals surface area contributed by atoms with Crippen LogP contribution in [0.15, 0.2) is 24.3 Å². The molecular weight excluding hydrogens is 214 g/mol. The van der Waals surface area contributed by atoms with Gasteiger partial charge < -0.3 is 9.84 Å². The molecule has 94 valence electrons. The lowest BCUT2D eigenvalue weighted by molar-refractivity contribution is 0.0631. The molecule has 0 amide bonds. The molecule has 17 heavy (non-hydrogen) atoms. The highest BCUT2D eigenvalue weighted by Gasteiger charge is 2.23. The summed E-state index contributed by atoms with van der Waals surface area (Å²) in [5.74, 6) is 1.02. The van der Waals surface area contributed by atoms with Crippen LogP contribution in [-0.2, 0) is 0 Å². The normalized spacial score (nSPS) is 19.8. The van der Waals surface area contributed by atoms with E-state index in [4.69, 9.17) is 9.84 Å². The third-order valence-electron chi connectivity index (χ3n) is 3.41. The fourth-order valence-corrected chi connectivity index (χ4v) is 2.28. The number of aliphatic hydroxyl groups is 1. The maximum atomic E-state index is 8.75. The lowest BCUT2D eigenvalue weighted by Gasteiger charge is -2.34. The number of benzene rings is 1. The van der Waals surface area contributed by atoms with Gasteiger partial charge in [0.05, 0.1) is 0 Å². The summed E-state index contributed by atoms with van der Waals surface area (Å²) in [4.78, 5) is 2.35. The second-order valence-electron chi connectivity index (χ2n) is 4.58. The molecule has 0 bridgehead atoms. The fraction of sp³-hybridized carbons (Fsp3) is 0.571. The molecular formula is C14H21NO2. The topological polar surface area (TPSA) is 32.7 Å². The van der Waals surface area contributed by atoms with E-state index in [1.54, 1.807) is 0 Å². The number of ether oxygens (including phenoxy) is 1. The van der Waals surface area contributed by atoms with Crippen molar-refractivity contribution in [2.24, 2.45) is 0 Å². The minimum Gasteiger partial charge on any atom is -0.478 e. The predicted molar refractivity (Wildman–Crippen MR) is 68.0 cm³/mol. The van der Waals surface area contributed by atoms with Gasteiger partial charge in [0.15, 0.2) is 0 Å². The zero-order valence-corrected chi connectivity index (χ0v) is 10.4. The van der Waals surface area contributed by atoms with Crippen molar-refractivity contribution >= 4 is 0 Å². The van der Waals surface area contributed by atoms with Crippen LogP contribution in [0.3, 0.4) is 0 Å². The summed E-state index contributed by atoms with van der Waals surface area (Å²) in [6.45, 7) is 4.25. The molecule has 1 aliphatic heterocycles. The molecule has 1 atom stereocenters. The van der Waals surface area contributed by atoms with Crippen LogP contribution in [-0.4, -0.2) is 29.9 Å². The molecule has 0 aromatic heterocycles. The van der Waals surface area contributed by atoms with Crippen LogP contribution in [0, 0.1) is 0 Å². The fourth-order valence-electron chi connectivity index (χ4n) is 2.28. The minimum absolute atomic E-state index is 0.300. The van der Waals surface area contributed by atoms with Crippen molar-refractivity contribution < 1.29 is 9.84 Å². The first-order valence-corrected chi connectivity index (χ1v) is 6.39. The van der Waals surface area contributed by atoms with Crippen LogP contribution < -0.4 is 4.74 Å². The van der Waals surface area contributed by atoms with Gasteiger partial charge in [-0.25, -0.2) is 0 Å². The number of unbranched alkanes of at least 4 members (excludes halogenated alkanes) is 2. The van der Waals surface area contributed by atoms with E-state index in [0.29, 0.717) is 19.4 Å². The number of fused-ring (bicyclic) bond motifs is 1. The van der Waals surface area contributed by atoms with E-state index in [1.807, 2.05) is 12.1 Å². The average Bonchev–Trinajstić information content (AvgIpc) is 2.37. The Balaban J connectivity index is 1.90. The SMILES string of the molecule is C[C@H]1c2ccccc2OCN1CCCCCO. The molecule has 0 saturated heterocycles. The highest BCUT2D eigenvalue weighted by molar-refractivity contribution is 5.36. The number of aliphatic hydroxyl groups excluding tert-OH is 1. The number of para-hydroxylation sites is 1. The summed E-state index contributed by atoms with van der Waals surface area (Å²) in [7, 11) is 0. The van der Waals surface area contributed by atoms with Gasteiger partial charge in [-0.05, 0) is 32.3 Å². The van der Waals surface area contributed by atoms with Crippen molar-refractivity contribution in [1.29, 1.82) is 0 Å².